The lowest BCUT2D eigenvalue weighted by atomic mass is 9.75. The number of halogens is 1. The summed E-state index contributed by atoms with van der Waals surface area (Å²) in [7, 11) is 0. The predicted octanol–water partition coefficient (Wildman–Crippen LogP) is 4.42. The summed E-state index contributed by atoms with van der Waals surface area (Å²) in [5.41, 5.74) is 1.54. The minimum Gasteiger partial charge on any atom is -0.310 e. The molecule has 1 aliphatic rings. The van der Waals surface area contributed by atoms with Crippen LogP contribution in [-0.2, 0) is 6.54 Å². The van der Waals surface area contributed by atoms with E-state index in [1.165, 1.54) is 31.7 Å². The normalized spacial score (nSPS) is 18.9. The van der Waals surface area contributed by atoms with Crippen LogP contribution in [0.25, 0.3) is 0 Å². The first-order valence-electron chi connectivity index (χ1n) is 7.04. The van der Waals surface area contributed by atoms with E-state index in [2.05, 4.69) is 35.1 Å². The molecule has 20 heavy (non-hydrogen) atoms. The van der Waals surface area contributed by atoms with Gasteiger partial charge >= 0.3 is 0 Å². The molecule has 0 atom stereocenters. The molecule has 1 N–H and O–H groups in total. The smallest absolute Gasteiger partial charge is 0.283 e. The monoisotopic (exact) mass is 340 g/mol. The first-order valence-corrected chi connectivity index (χ1v) is 7.83. The molecule has 0 saturated heterocycles. The van der Waals surface area contributed by atoms with Gasteiger partial charge in [-0.05, 0) is 52.6 Å². The van der Waals surface area contributed by atoms with Crippen LogP contribution in [0.2, 0.25) is 0 Å². The standard InChI is InChI=1S/C15H21BrN2O2/c1-15(2)8-6-12(7-9-15)17-10-11-4-3-5-13(14(11)16)18(19)20/h3-5,12,17H,6-10H2,1-2H3. The second-order valence-corrected chi connectivity index (χ2v) is 7.12. The van der Waals surface area contributed by atoms with E-state index in [0.717, 1.165) is 5.56 Å². The van der Waals surface area contributed by atoms with Crippen molar-refractivity contribution in [3.8, 4) is 0 Å². The quantitative estimate of drug-likeness (QED) is 0.652. The van der Waals surface area contributed by atoms with E-state index >= 15 is 0 Å². The number of nitro groups is 1. The average Bonchev–Trinajstić information content (AvgIpc) is 2.38. The maximum atomic E-state index is 10.9. The number of hydrogen-bond acceptors (Lipinski definition) is 3. The van der Waals surface area contributed by atoms with Gasteiger partial charge in [0.2, 0.25) is 0 Å². The Kier molecular flexibility index (Phi) is 4.81. The second-order valence-electron chi connectivity index (χ2n) is 6.33. The summed E-state index contributed by atoms with van der Waals surface area (Å²) in [5.74, 6) is 0. The van der Waals surface area contributed by atoms with Crippen LogP contribution in [0.15, 0.2) is 22.7 Å². The Hall–Kier alpha value is -0.940. The number of nitrogens with one attached hydrogen (secondary N) is 1. The highest BCUT2D eigenvalue weighted by Gasteiger charge is 2.26. The maximum absolute atomic E-state index is 10.9. The summed E-state index contributed by atoms with van der Waals surface area (Å²) >= 11 is 3.34. The van der Waals surface area contributed by atoms with E-state index < -0.39 is 0 Å². The molecule has 4 nitrogen and oxygen atoms in total. The van der Waals surface area contributed by atoms with E-state index in [0.29, 0.717) is 22.5 Å². The third kappa shape index (κ3) is 3.79. The van der Waals surface area contributed by atoms with Gasteiger partial charge in [0, 0.05) is 18.7 Å². The van der Waals surface area contributed by atoms with Crippen molar-refractivity contribution >= 4 is 21.6 Å². The molecule has 0 amide bonds. The average molecular weight is 341 g/mol. The van der Waals surface area contributed by atoms with Crippen molar-refractivity contribution in [1.29, 1.82) is 0 Å². The lowest BCUT2D eigenvalue weighted by Crippen LogP contribution is -2.35. The molecule has 0 aromatic heterocycles. The number of nitrogens with zero attached hydrogens (tertiary/aromatic N) is 1. The third-order valence-corrected chi connectivity index (χ3v) is 5.09. The van der Waals surface area contributed by atoms with Crippen LogP contribution in [0, 0.1) is 15.5 Å². The van der Waals surface area contributed by atoms with Gasteiger partial charge in [-0.3, -0.25) is 10.1 Å². The highest BCUT2D eigenvalue weighted by atomic mass is 79.9. The summed E-state index contributed by atoms with van der Waals surface area (Å²) in [5, 5.41) is 14.4. The molecule has 0 unspecified atom stereocenters. The fraction of sp³-hybridized carbons (Fsp3) is 0.600. The second kappa shape index (κ2) is 6.22. The Labute approximate surface area is 128 Å². The first kappa shape index (κ1) is 15.4. The molecule has 1 saturated carbocycles. The van der Waals surface area contributed by atoms with Gasteiger partial charge in [0.25, 0.3) is 5.69 Å². The van der Waals surface area contributed by atoms with E-state index in [-0.39, 0.29) is 10.6 Å². The summed E-state index contributed by atoms with van der Waals surface area (Å²) in [6.07, 6.45) is 4.83. The molecule has 1 aromatic rings. The van der Waals surface area contributed by atoms with Crippen molar-refractivity contribution in [2.45, 2.75) is 52.1 Å². The molecule has 5 heteroatoms. The summed E-state index contributed by atoms with van der Waals surface area (Å²) in [6, 6.07) is 5.71. The minimum atomic E-state index is -0.350. The molecular formula is C15H21BrN2O2. The number of benzene rings is 1. The van der Waals surface area contributed by atoms with E-state index in [1.807, 2.05) is 6.07 Å². The molecule has 0 bridgehead atoms. The van der Waals surface area contributed by atoms with Crippen LogP contribution >= 0.6 is 15.9 Å². The Morgan fingerprint density at radius 1 is 1.40 bits per heavy atom. The molecule has 0 spiro atoms. The van der Waals surface area contributed by atoms with E-state index in [4.69, 9.17) is 0 Å². The van der Waals surface area contributed by atoms with Gasteiger partial charge in [-0.2, -0.15) is 0 Å². The van der Waals surface area contributed by atoms with Crippen LogP contribution in [0.5, 0.6) is 0 Å². The molecular weight excluding hydrogens is 320 g/mol. The lowest BCUT2D eigenvalue weighted by molar-refractivity contribution is -0.385. The Balaban J connectivity index is 1.95. The third-order valence-electron chi connectivity index (χ3n) is 4.18. The number of nitro benzene ring substituents is 1. The van der Waals surface area contributed by atoms with Gasteiger partial charge in [0.15, 0.2) is 0 Å². The first-order chi connectivity index (χ1) is 9.39. The Morgan fingerprint density at radius 2 is 2.05 bits per heavy atom. The van der Waals surface area contributed by atoms with Gasteiger partial charge in [-0.1, -0.05) is 26.0 Å². The van der Waals surface area contributed by atoms with Crippen LogP contribution in [0.1, 0.15) is 45.1 Å². The van der Waals surface area contributed by atoms with Gasteiger partial charge < -0.3 is 5.32 Å². The zero-order valence-electron chi connectivity index (χ0n) is 12.0. The van der Waals surface area contributed by atoms with Crippen LogP contribution < -0.4 is 5.32 Å². The minimum absolute atomic E-state index is 0.133. The van der Waals surface area contributed by atoms with Crippen molar-refractivity contribution in [3.63, 3.8) is 0 Å². The SMILES string of the molecule is CC1(C)CCC(NCc2cccc([N+](=O)[O-])c2Br)CC1. The van der Waals surface area contributed by atoms with Crippen molar-refractivity contribution in [2.24, 2.45) is 5.41 Å². The van der Waals surface area contributed by atoms with Gasteiger partial charge in [0.1, 0.15) is 0 Å². The molecule has 0 radical (unpaired) electrons. The zero-order valence-corrected chi connectivity index (χ0v) is 13.6. The van der Waals surface area contributed by atoms with E-state index in [1.54, 1.807) is 6.07 Å². The maximum Gasteiger partial charge on any atom is 0.283 e. The van der Waals surface area contributed by atoms with Gasteiger partial charge in [0.05, 0.1) is 9.40 Å². The highest BCUT2D eigenvalue weighted by Crippen LogP contribution is 2.35. The fourth-order valence-electron chi connectivity index (χ4n) is 2.70. The fourth-order valence-corrected chi connectivity index (χ4v) is 3.25. The summed E-state index contributed by atoms with van der Waals surface area (Å²) in [4.78, 5) is 10.6. The summed E-state index contributed by atoms with van der Waals surface area (Å²) in [6.45, 7) is 5.31. The van der Waals surface area contributed by atoms with E-state index in [9.17, 15) is 10.1 Å². The molecule has 1 fully saturated rings. The van der Waals surface area contributed by atoms with Crippen molar-refractivity contribution in [1.82, 2.24) is 5.32 Å². The number of hydrogen-bond donors (Lipinski definition) is 1. The van der Waals surface area contributed by atoms with Gasteiger partial charge in [-0.15, -0.1) is 0 Å². The van der Waals surface area contributed by atoms with Crippen molar-refractivity contribution < 1.29 is 4.92 Å². The predicted molar refractivity (Wildman–Crippen MR) is 83.7 cm³/mol. The highest BCUT2D eigenvalue weighted by molar-refractivity contribution is 9.10. The molecule has 0 aliphatic heterocycles. The van der Waals surface area contributed by atoms with Crippen LogP contribution in [0.3, 0.4) is 0 Å². The molecule has 1 aromatic carbocycles. The molecule has 1 aliphatic carbocycles. The Bertz CT molecular complexity index is 493. The van der Waals surface area contributed by atoms with Crippen LogP contribution in [-0.4, -0.2) is 11.0 Å². The Morgan fingerprint density at radius 3 is 2.65 bits per heavy atom. The molecule has 2 rings (SSSR count). The largest absolute Gasteiger partial charge is 0.310 e. The van der Waals surface area contributed by atoms with Gasteiger partial charge in [-0.25, -0.2) is 0 Å². The van der Waals surface area contributed by atoms with Crippen LogP contribution in [0.4, 0.5) is 5.69 Å². The topological polar surface area (TPSA) is 55.2 Å². The van der Waals surface area contributed by atoms with Crippen molar-refractivity contribution in [2.75, 3.05) is 0 Å². The lowest BCUT2D eigenvalue weighted by Gasteiger charge is -2.34. The number of rotatable bonds is 4. The zero-order chi connectivity index (χ0) is 14.8. The summed E-state index contributed by atoms with van der Waals surface area (Å²) < 4.78 is 0.591. The molecule has 110 valence electrons. The van der Waals surface area contributed by atoms with Crippen molar-refractivity contribution in [3.05, 3.63) is 38.3 Å². The molecule has 0 heterocycles.